The molecule has 1 atom stereocenters. The van der Waals surface area contributed by atoms with Crippen molar-refractivity contribution >= 4 is 22.8 Å². The molecule has 1 aromatic carbocycles. The molecule has 0 saturated heterocycles. The highest BCUT2D eigenvalue weighted by Crippen LogP contribution is 2.22. The summed E-state index contributed by atoms with van der Waals surface area (Å²) in [6.07, 6.45) is 6.18. The second-order valence-corrected chi connectivity index (χ2v) is 5.59. The van der Waals surface area contributed by atoms with Crippen molar-refractivity contribution in [3.8, 4) is 11.4 Å². The van der Waals surface area contributed by atoms with Crippen LogP contribution in [0.25, 0.3) is 22.4 Å². The quantitative estimate of drug-likeness (QED) is 0.773. The van der Waals surface area contributed by atoms with Gasteiger partial charge in [-0.05, 0) is 36.6 Å². The van der Waals surface area contributed by atoms with Crippen molar-refractivity contribution in [2.45, 2.75) is 12.5 Å². The fourth-order valence-electron chi connectivity index (χ4n) is 1.97. The molecule has 0 unspecified atom stereocenters. The summed E-state index contributed by atoms with van der Waals surface area (Å²) < 4.78 is 5.26. The van der Waals surface area contributed by atoms with Crippen molar-refractivity contribution in [2.75, 3.05) is 12.0 Å². The van der Waals surface area contributed by atoms with Crippen LogP contribution in [0, 0.1) is 0 Å². The molecule has 0 amide bonds. The third-order valence-electron chi connectivity index (χ3n) is 3.12. The summed E-state index contributed by atoms with van der Waals surface area (Å²) in [6, 6.07) is 5.46. The van der Waals surface area contributed by atoms with Gasteiger partial charge in [0.2, 0.25) is 11.7 Å². The summed E-state index contributed by atoms with van der Waals surface area (Å²) in [5.41, 5.74) is 8.51. The summed E-state index contributed by atoms with van der Waals surface area (Å²) in [7, 11) is 0. The Morgan fingerprint density at radius 3 is 2.86 bits per heavy atom. The van der Waals surface area contributed by atoms with Gasteiger partial charge in [0.05, 0.1) is 17.1 Å². The summed E-state index contributed by atoms with van der Waals surface area (Å²) in [5.74, 6) is 1.96. The fraction of sp³-hybridized carbons (Fsp3) is 0.286. The Kier molecular flexibility index (Phi) is 4.12. The highest BCUT2D eigenvalue weighted by Gasteiger charge is 2.15. The molecule has 0 aliphatic carbocycles. The van der Waals surface area contributed by atoms with Crippen LogP contribution in [0.5, 0.6) is 0 Å². The molecule has 108 valence electrons. The predicted molar refractivity (Wildman–Crippen MR) is 82.8 cm³/mol. The molecule has 2 heterocycles. The molecule has 2 N–H and O–H groups in total. The second-order valence-electron chi connectivity index (χ2n) is 4.60. The number of benzene rings is 1. The minimum atomic E-state index is -0.223. The van der Waals surface area contributed by atoms with Gasteiger partial charge in [-0.2, -0.15) is 16.7 Å². The second kappa shape index (κ2) is 6.19. The van der Waals surface area contributed by atoms with Crippen LogP contribution in [0.1, 0.15) is 18.4 Å². The Morgan fingerprint density at radius 2 is 2.05 bits per heavy atom. The van der Waals surface area contributed by atoms with Gasteiger partial charge in [0, 0.05) is 18.0 Å². The first kappa shape index (κ1) is 14.0. The van der Waals surface area contributed by atoms with Gasteiger partial charge in [-0.3, -0.25) is 9.97 Å². The van der Waals surface area contributed by atoms with E-state index in [4.69, 9.17) is 10.3 Å². The fourth-order valence-corrected chi connectivity index (χ4v) is 2.46. The molecule has 0 radical (unpaired) electrons. The van der Waals surface area contributed by atoms with Crippen molar-refractivity contribution in [2.24, 2.45) is 5.73 Å². The van der Waals surface area contributed by atoms with Crippen molar-refractivity contribution in [1.82, 2.24) is 20.1 Å². The van der Waals surface area contributed by atoms with Gasteiger partial charge < -0.3 is 10.3 Å². The first-order valence-electron chi connectivity index (χ1n) is 6.57. The Labute approximate surface area is 126 Å². The summed E-state index contributed by atoms with van der Waals surface area (Å²) in [6.45, 7) is 0. The van der Waals surface area contributed by atoms with Crippen molar-refractivity contribution in [3.63, 3.8) is 0 Å². The number of hydrogen-bond acceptors (Lipinski definition) is 7. The standard InChI is InChI=1S/C14H15N5OS/c1-21-7-4-10(15)14-18-13(19-20-14)9-2-3-11-12(8-9)17-6-5-16-11/h2-3,5-6,8,10H,4,7,15H2,1H3/t10-/m1/s1. The molecule has 21 heavy (non-hydrogen) atoms. The molecule has 0 bridgehead atoms. The van der Waals surface area contributed by atoms with Gasteiger partial charge in [0.15, 0.2) is 0 Å². The van der Waals surface area contributed by atoms with Crippen LogP contribution in [0.4, 0.5) is 0 Å². The SMILES string of the molecule is CSCC[C@@H](N)c1nc(-c2ccc3nccnc3c2)no1. The first-order valence-corrected chi connectivity index (χ1v) is 7.96. The monoisotopic (exact) mass is 301 g/mol. The molecule has 7 heteroatoms. The molecule has 0 spiro atoms. The van der Waals surface area contributed by atoms with Gasteiger partial charge in [0.25, 0.3) is 0 Å². The number of nitrogens with zero attached hydrogens (tertiary/aromatic N) is 4. The number of nitrogens with two attached hydrogens (primary N) is 1. The molecule has 0 aliphatic heterocycles. The molecule has 2 aromatic heterocycles. The average molecular weight is 301 g/mol. The maximum atomic E-state index is 6.03. The van der Waals surface area contributed by atoms with Gasteiger partial charge in [-0.25, -0.2) is 0 Å². The minimum Gasteiger partial charge on any atom is -0.337 e. The Bertz CT molecular complexity index is 745. The van der Waals surface area contributed by atoms with Gasteiger partial charge in [0.1, 0.15) is 0 Å². The van der Waals surface area contributed by atoms with E-state index in [2.05, 4.69) is 20.1 Å². The van der Waals surface area contributed by atoms with E-state index in [1.165, 1.54) is 0 Å². The van der Waals surface area contributed by atoms with Crippen LogP contribution in [0.3, 0.4) is 0 Å². The van der Waals surface area contributed by atoms with Crippen molar-refractivity contribution in [3.05, 3.63) is 36.5 Å². The Balaban J connectivity index is 1.87. The minimum absolute atomic E-state index is 0.223. The van der Waals surface area contributed by atoms with E-state index >= 15 is 0 Å². The van der Waals surface area contributed by atoms with Crippen LogP contribution in [0.2, 0.25) is 0 Å². The number of rotatable bonds is 5. The summed E-state index contributed by atoms with van der Waals surface area (Å²) in [5, 5.41) is 4.00. The van der Waals surface area contributed by atoms with E-state index in [-0.39, 0.29) is 6.04 Å². The first-order chi connectivity index (χ1) is 10.3. The zero-order valence-corrected chi connectivity index (χ0v) is 12.4. The Morgan fingerprint density at radius 1 is 1.24 bits per heavy atom. The lowest BCUT2D eigenvalue weighted by Crippen LogP contribution is -2.11. The normalized spacial score (nSPS) is 12.7. The Hall–Kier alpha value is -1.99. The average Bonchev–Trinajstić information content (AvgIpc) is 3.02. The van der Waals surface area contributed by atoms with Crippen LogP contribution in [-0.4, -0.2) is 32.1 Å². The lowest BCUT2D eigenvalue weighted by Gasteiger charge is -2.03. The smallest absolute Gasteiger partial charge is 0.243 e. The number of thioether (sulfide) groups is 1. The topological polar surface area (TPSA) is 90.7 Å². The van der Waals surface area contributed by atoms with Crippen LogP contribution in [0.15, 0.2) is 35.1 Å². The number of aromatic nitrogens is 4. The zero-order valence-electron chi connectivity index (χ0n) is 11.6. The molecule has 0 fully saturated rings. The molecular formula is C14H15N5OS. The van der Waals surface area contributed by atoms with Crippen molar-refractivity contribution < 1.29 is 4.52 Å². The van der Waals surface area contributed by atoms with Crippen LogP contribution in [-0.2, 0) is 0 Å². The van der Waals surface area contributed by atoms with Crippen molar-refractivity contribution in [1.29, 1.82) is 0 Å². The van der Waals surface area contributed by atoms with E-state index in [1.807, 2.05) is 24.5 Å². The third-order valence-corrected chi connectivity index (χ3v) is 3.76. The molecule has 3 rings (SSSR count). The third kappa shape index (κ3) is 3.03. The van der Waals surface area contributed by atoms with Crippen LogP contribution >= 0.6 is 11.8 Å². The van der Waals surface area contributed by atoms with E-state index in [9.17, 15) is 0 Å². The van der Waals surface area contributed by atoms with Gasteiger partial charge in [-0.1, -0.05) is 5.16 Å². The molecular weight excluding hydrogens is 286 g/mol. The molecule has 0 saturated carbocycles. The summed E-state index contributed by atoms with van der Waals surface area (Å²) >= 11 is 1.74. The maximum absolute atomic E-state index is 6.03. The highest BCUT2D eigenvalue weighted by molar-refractivity contribution is 7.98. The number of fused-ring (bicyclic) bond motifs is 1. The largest absolute Gasteiger partial charge is 0.337 e. The molecule has 3 aromatic rings. The van der Waals surface area contributed by atoms with E-state index in [0.717, 1.165) is 28.8 Å². The summed E-state index contributed by atoms with van der Waals surface area (Å²) in [4.78, 5) is 12.9. The molecule has 0 aliphatic rings. The van der Waals surface area contributed by atoms with Gasteiger partial charge in [-0.15, -0.1) is 0 Å². The van der Waals surface area contributed by atoms with E-state index < -0.39 is 0 Å². The predicted octanol–water partition coefficient (Wildman–Crippen LogP) is 2.43. The lowest BCUT2D eigenvalue weighted by atomic mass is 10.2. The zero-order chi connectivity index (χ0) is 14.7. The lowest BCUT2D eigenvalue weighted by molar-refractivity contribution is 0.353. The van der Waals surface area contributed by atoms with E-state index in [0.29, 0.717) is 11.7 Å². The number of hydrogen-bond donors (Lipinski definition) is 1. The van der Waals surface area contributed by atoms with Gasteiger partial charge >= 0.3 is 0 Å². The molecule has 6 nitrogen and oxygen atoms in total. The highest BCUT2D eigenvalue weighted by atomic mass is 32.2. The maximum Gasteiger partial charge on any atom is 0.243 e. The van der Waals surface area contributed by atoms with Crippen LogP contribution < -0.4 is 5.73 Å². The van der Waals surface area contributed by atoms with E-state index in [1.54, 1.807) is 24.2 Å².